The zero-order valence-electron chi connectivity index (χ0n) is 10.5. The molecule has 0 aromatic rings. The van der Waals surface area contributed by atoms with E-state index < -0.39 is 18.9 Å². The lowest BCUT2D eigenvalue weighted by molar-refractivity contribution is 1.25. The van der Waals surface area contributed by atoms with Gasteiger partial charge in [0.25, 0.3) is 0 Å². The van der Waals surface area contributed by atoms with Crippen LogP contribution in [-0.4, -0.2) is 25.0 Å². The Morgan fingerprint density at radius 1 is 0.833 bits per heavy atom. The Bertz CT molecular complexity index is 294. The Balaban J connectivity index is 2.31. The molecule has 1 saturated heterocycles. The van der Waals surface area contributed by atoms with Crippen molar-refractivity contribution in [1.82, 2.24) is 19.7 Å². The van der Waals surface area contributed by atoms with Crippen LogP contribution in [-0.2, 0) is 0 Å². The van der Waals surface area contributed by atoms with E-state index in [0.29, 0.717) is 0 Å². The van der Waals surface area contributed by atoms with Gasteiger partial charge in [0.15, 0.2) is 0 Å². The molecular formula is C6H18N4P3S5+3. The van der Waals surface area contributed by atoms with Gasteiger partial charge in [0, 0.05) is 51.2 Å². The minimum Gasteiger partial charge on any atom is -0.221 e. The Kier molecular flexibility index (Phi) is 6.26. The molecule has 4 nitrogen and oxygen atoms in total. The Labute approximate surface area is 131 Å². The van der Waals surface area contributed by atoms with E-state index in [1.165, 1.54) is 0 Å². The molecule has 0 aromatic heterocycles. The summed E-state index contributed by atoms with van der Waals surface area (Å²) in [5, 5.41) is 5.71. The van der Waals surface area contributed by atoms with Gasteiger partial charge < -0.3 is 0 Å². The van der Waals surface area contributed by atoms with Gasteiger partial charge in [0.05, 0.1) is 45.5 Å². The molecule has 2 aliphatic heterocycles. The van der Waals surface area contributed by atoms with Crippen LogP contribution in [0, 0.1) is 0 Å². The molecule has 2 aliphatic rings. The summed E-state index contributed by atoms with van der Waals surface area (Å²) in [4.78, 5) is 11.7. The average Bonchev–Trinajstić information content (AvgIpc) is 2.85. The molecule has 2 rings (SSSR count). The van der Waals surface area contributed by atoms with E-state index in [9.17, 15) is 0 Å². The van der Waals surface area contributed by atoms with Crippen molar-refractivity contribution >= 4 is 75.8 Å². The molecule has 1 spiro atoms. The predicted molar refractivity (Wildman–Crippen MR) is 104 cm³/mol. The van der Waals surface area contributed by atoms with E-state index in [4.69, 9.17) is 0 Å². The van der Waals surface area contributed by atoms with Crippen LogP contribution in [0.5, 0.6) is 0 Å². The molecule has 1 fully saturated rings. The molecule has 4 N–H and O–H groups in total. The molecule has 0 aliphatic carbocycles. The van der Waals surface area contributed by atoms with Crippen LogP contribution in [0.15, 0.2) is 11.6 Å². The Morgan fingerprint density at radius 2 is 1.33 bits per heavy atom. The van der Waals surface area contributed by atoms with Gasteiger partial charge in [-0.25, -0.2) is 5.09 Å². The van der Waals surface area contributed by atoms with Crippen LogP contribution in [0.3, 0.4) is 0 Å². The van der Waals surface area contributed by atoms with Crippen LogP contribution in [0.1, 0.15) is 0 Å². The number of rotatable bonds is 4. The normalized spacial score (nSPS) is 27.3. The van der Waals surface area contributed by atoms with Crippen LogP contribution in [0.4, 0.5) is 0 Å². The summed E-state index contributed by atoms with van der Waals surface area (Å²) in [6, 6.07) is 0. The maximum absolute atomic E-state index is 3.93. The van der Waals surface area contributed by atoms with Crippen molar-refractivity contribution in [3.63, 3.8) is 0 Å². The van der Waals surface area contributed by atoms with E-state index in [2.05, 4.69) is 56.3 Å². The third-order valence-electron chi connectivity index (χ3n) is 2.38. The molecule has 0 aromatic carbocycles. The van der Waals surface area contributed by atoms with Crippen LogP contribution in [0.25, 0.3) is 0 Å². The fraction of sp³-hybridized carbons (Fsp3) is 0.667. The van der Waals surface area contributed by atoms with Gasteiger partial charge in [-0.1, -0.05) is 0 Å². The fourth-order valence-corrected chi connectivity index (χ4v) is 38.2. The first kappa shape index (κ1) is 16.8. The Morgan fingerprint density at radius 3 is 1.67 bits per heavy atom. The van der Waals surface area contributed by atoms with E-state index in [-0.39, 0.29) is 0 Å². The van der Waals surface area contributed by atoms with Crippen LogP contribution < -0.4 is 19.7 Å². The van der Waals surface area contributed by atoms with Crippen molar-refractivity contribution in [1.29, 1.82) is 0 Å². The molecule has 0 amide bonds. The highest BCUT2D eigenvalue weighted by atomic mass is 33.1. The molecule has 0 saturated carbocycles. The quantitative estimate of drug-likeness (QED) is 0.486. The standard InChI is InChI=1S/C6H18N4P3S5/c1-14-12(15-2)8-11(7-5-6-18-11)9-13(10-12,16-3)17-4/h5-10H,1-4H3/q+3. The molecule has 0 radical (unpaired) electrons. The lowest BCUT2D eigenvalue weighted by atomic mass is 11.1. The van der Waals surface area contributed by atoms with Crippen molar-refractivity contribution in [2.45, 2.75) is 0 Å². The summed E-state index contributed by atoms with van der Waals surface area (Å²) in [7, 11) is 0. The van der Waals surface area contributed by atoms with Crippen molar-refractivity contribution in [3.8, 4) is 0 Å². The van der Waals surface area contributed by atoms with Crippen molar-refractivity contribution in [2.75, 3.05) is 25.0 Å². The van der Waals surface area contributed by atoms with Crippen molar-refractivity contribution in [3.05, 3.63) is 11.6 Å². The van der Waals surface area contributed by atoms with Gasteiger partial charge in [0.2, 0.25) is 0 Å². The first-order valence-corrected chi connectivity index (χ1v) is 19.1. The average molecular weight is 399 g/mol. The molecule has 0 atom stereocenters. The summed E-state index contributed by atoms with van der Waals surface area (Å²) in [6.45, 7) is -1.54. The highest BCUT2D eigenvalue weighted by molar-refractivity contribution is 9.01. The highest BCUT2D eigenvalue weighted by Gasteiger charge is 2.73. The van der Waals surface area contributed by atoms with E-state index in [1.807, 2.05) is 56.9 Å². The summed E-state index contributed by atoms with van der Waals surface area (Å²) in [6.07, 6.45) is 10.9. The maximum Gasteiger partial charge on any atom is 0.384 e. The molecule has 0 unspecified atom stereocenters. The number of hydrogen-bond acceptors (Lipinski definition) is 9. The van der Waals surface area contributed by atoms with Gasteiger partial charge >= 0.3 is 18.9 Å². The van der Waals surface area contributed by atoms with Gasteiger partial charge in [-0.2, -0.15) is 0 Å². The maximum atomic E-state index is 3.93. The largest absolute Gasteiger partial charge is 0.384 e. The van der Waals surface area contributed by atoms with E-state index in [1.54, 1.807) is 0 Å². The first-order chi connectivity index (χ1) is 8.57. The van der Waals surface area contributed by atoms with Gasteiger partial charge in [-0.15, -0.1) is 0 Å². The van der Waals surface area contributed by atoms with E-state index >= 15 is 0 Å². The summed E-state index contributed by atoms with van der Waals surface area (Å²) in [5.74, 6) is -2.83. The van der Waals surface area contributed by atoms with Crippen molar-refractivity contribution < 1.29 is 0 Å². The molecule has 12 heteroatoms. The highest BCUT2D eigenvalue weighted by Crippen LogP contribution is 2.94. The predicted octanol–water partition coefficient (Wildman–Crippen LogP) is 5.06. The Hall–Kier alpha value is 2.46. The second-order valence-corrected chi connectivity index (χ2v) is 25.9. The second-order valence-electron chi connectivity index (χ2n) is 3.28. The monoisotopic (exact) mass is 399 g/mol. The van der Waals surface area contributed by atoms with Crippen molar-refractivity contribution in [2.24, 2.45) is 0 Å². The van der Waals surface area contributed by atoms with Gasteiger partial charge in [-0.3, -0.25) is 0 Å². The minimum absolute atomic E-state index is 1.42. The third kappa shape index (κ3) is 3.27. The van der Waals surface area contributed by atoms with Crippen LogP contribution >= 0.6 is 75.8 Å². The lowest BCUT2D eigenvalue weighted by Crippen LogP contribution is -2.40. The summed E-state index contributed by atoms with van der Waals surface area (Å²) >= 11 is 9.68. The molecule has 18 heavy (non-hydrogen) atoms. The zero-order chi connectivity index (χ0) is 13.3. The second kappa shape index (κ2) is 6.70. The zero-order valence-corrected chi connectivity index (χ0v) is 17.3. The number of hydrogen-bond donors (Lipinski definition) is 4. The SMILES string of the molecule is CS[P+]1(SC)N[P+]2(NC=CS2)N[P+](SC)(SC)N1. The molecule has 0 bridgehead atoms. The topological polar surface area (TPSA) is 48.1 Å². The number of nitrogens with one attached hydrogen (secondary N) is 4. The van der Waals surface area contributed by atoms with Gasteiger partial charge in [-0.05, 0) is 0 Å². The minimum atomic E-state index is -1.54. The first-order valence-electron chi connectivity index (χ1n) is 4.97. The third-order valence-corrected chi connectivity index (χ3v) is 32.5. The fourth-order valence-electron chi connectivity index (χ4n) is 1.48. The van der Waals surface area contributed by atoms with Gasteiger partial charge in [0.1, 0.15) is 11.4 Å². The summed E-state index contributed by atoms with van der Waals surface area (Å²) in [5.41, 5.74) is 0. The van der Waals surface area contributed by atoms with E-state index in [0.717, 1.165) is 0 Å². The smallest absolute Gasteiger partial charge is 0.221 e. The lowest BCUT2D eigenvalue weighted by Gasteiger charge is -2.34. The van der Waals surface area contributed by atoms with Crippen LogP contribution in [0.2, 0.25) is 0 Å². The molecule has 2 heterocycles. The molecule has 104 valence electrons. The summed E-state index contributed by atoms with van der Waals surface area (Å²) < 4.78 is 0. The molecular weight excluding hydrogens is 381 g/mol.